The van der Waals surface area contributed by atoms with E-state index in [1.165, 1.54) is 44.5 Å². The van der Waals surface area contributed by atoms with Crippen molar-refractivity contribution in [1.29, 1.82) is 0 Å². The van der Waals surface area contributed by atoms with E-state index in [0.717, 1.165) is 6.42 Å². The summed E-state index contributed by atoms with van der Waals surface area (Å²) in [5, 5.41) is 0. The molecule has 118 valence electrons. The van der Waals surface area contributed by atoms with Gasteiger partial charge in [0.05, 0.1) is 6.61 Å². The Morgan fingerprint density at radius 3 is 2.78 bits per heavy atom. The van der Waals surface area contributed by atoms with E-state index < -0.39 is 0 Å². The van der Waals surface area contributed by atoms with Gasteiger partial charge in [0.1, 0.15) is 0 Å². The summed E-state index contributed by atoms with van der Waals surface area (Å²) in [6.45, 7) is 2.94. The highest BCUT2D eigenvalue weighted by Crippen LogP contribution is 2.49. The smallest absolute Gasteiger partial charge is 0.161 e. The van der Waals surface area contributed by atoms with Gasteiger partial charge in [0.25, 0.3) is 0 Å². The van der Waals surface area contributed by atoms with Crippen molar-refractivity contribution in [2.75, 3.05) is 4.90 Å². The van der Waals surface area contributed by atoms with Crippen molar-refractivity contribution in [1.82, 2.24) is 0 Å². The van der Waals surface area contributed by atoms with E-state index in [2.05, 4.69) is 82.9 Å². The highest BCUT2D eigenvalue weighted by molar-refractivity contribution is 14.1. The summed E-state index contributed by atoms with van der Waals surface area (Å²) in [5.74, 6) is 0. The summed E-state index contributed by atoms with van der Waals surface area (Å²) >= 11 is 2.52. The highest BCUT2D eigenvalue weighted by Gasteiger charge is 2.36. The monoisotopic (exact) mass is 417 g/mol. The Morgan fingerprint density at radius 2 is 1.91 bits per heavy atom. The molecule has 2 aliphatic rings. The quantitative estimate of drug-likeness (QED) is 0.566. The van der Waals surface area contributed by atoms with Crippen LogP contribution in [0.1, 0.15) is 49.1 Å². The van der Waals surface area contributed by atoms with Gasteiger partial charge in [0, 0.05) is 26.1 Å². The van der Waals surface area contributed by atoms with Crippen LogP contribution in [0.2, 0.25) is 0 Å². The fourth-order valence-corrected chi connectivity index (χ4v) is 4.52. The normalized spacial score (nSPS) is 19.2. The molecule has 0 N–H and O–H groups in total. The number of nitrogens with zero attached hydrogens (tertiary/aromatic N) is 1. The van der Waals surface area contributed by atoms with Crippen LogP contribution in [0.15, 0.2) is 54.2 Å². The number of allylic oxidation sites excluding steroid dienone is 1. The first-order chi connectivity index (χ1) is 11.3. The van der Waals surface area contributed by atoms with E-state index in [1.54, 1.807) is 0 Å². The third kappa shape index (κ3) is 2.50. The molecule has 0 saturated heterocycles. The molecule has 3 heteroatoms. The minimum Gasteiger partial charge on any atom is -0.349 e. The minimum atomic E-state index is 0.00599. The number of rotatable bonds is 3. The number of fused-ring (bicyclic) bond motifs is 5. The van der Waals surface area contributed by atoms with Crippen LogP contribution < -0.4 is 4.90 Å². The molecule has 23 heavy (non-hydrogen) atoms. The van der Waals surface area contributed by atoms with Crippen LogP contribution >= 0.6 is 22.6 Å². The Bertz CT molecular complexity index is 768. The van der Waals surface area contributed by atoms with Crippen LogP contribution in [0.25, 0.3) is 3.58 Å². The first-order valence-corrected chi connectivity index (χ1v) is 9.36. The summed E-state index contributed by atoms with van der Waals surface area (Å²) < 4.78 is 7.65. The number of hydrogen-bond donors (Lipinski definition) is 0. The second-order valence-corrected chi connectivity index (χ2v) is 7.19. The number of unbranched alkanes of at least 4 members (excludes halogenated alkanes) is 1. The van der Waals surface area contributed by atoms with Gasteiger partial charge in [-0.05, 0) is 47.1 Å². The molecule has 0 aromatic heterocycles. The molecule has 0 aliphatic carbocycles. The number of halogens is 1. The average Bonchev–Trinajstić information content (AvgIpc) is 2.61. The van der Waals surface area contributed by atoms with Crippen LogP contribution in [0.4, 0.5) is 5.69 Å². The van der Waals surface area contributed by atoms with E-state index in [4.69, 9.17) is 4.74 Å². The molecule has 2 aromatic carbocycles. The third-order valence-electron chi connectivity index (χ3n) is 4.66. The van der Waals surface area contributed by atoms with E-state index in [0.29, 0.717) is 6.61 Å². The Hall–Kier alpha value is -1.33. The predicted octanol–water partition coefficient (Wildman–Crippen LogP) is 6.03. The van der Waals surface area contributed by atoms with Crippen molar-refractivity contribution in [3.63, 3.8) is 0 Å². The van der Waals surface area contributed by atoms with Crippen molar-refractivity contribution in [2.24, 2.45) is 0 Å². The first-order valence-electron chi connectivity index (χ1n) is 8.28. The van der Waals surface area contributed by atoms with E-state index >= 15 is 0 Å². The van der Waals surface area contributed by atoms with Crippen LogP contribution in [0.5, 0.6) is 0 Å². The van der Waals surface area contributed by atoms with Crippen LogP contribution in [0.3, 0.4) is 0 Å². The zero-order valence-electron chi connectivity index (χ0n) is 13.3. The molecule has 2 nitrogen and oxygen atoms in total. The molecule has 0 radical (unpaired) electrons. The van der Waals surface area contributed by atoms with Gasteiger partial charge in [0.2, 0.25) is 0 Å². The Balaban J connectivity index is 1.91. The maximum Gasteiger partial charge on any atom is 0.161 e. The van der Waals surface area contributed by atoms with E-state index in [1.807, 2.05) is 0 Å². The molecule has 0 amide bonds. The maximum atomic E-state index is 6.28. The minimum absolute atomic E-state index is 0.00599. The molecule has 0 saturated carbocycles. The maximum absolute atomic E-state index is 6.28. The summed E-state index contributed by atoms with van der Waals surface area (Å²) in [4.78, 5) is 2.43. The van der Waals surface area contributed by atoms with Crippen molar-refractivity contribution in [3.05, 3.63) is 70.9 Å². The molecular formula is C20H20INO. The lowest BCUT2D eigenvalue weighted by molar-refractivity contribution is 0.0301. The Kier molecular flexibility index (Phi) is 4.16. The van der Waals surface area contributed by atoms with Crippen molar-refractivity contribution in [3.8, 4) is 0 Å². The molecule has 2 aliphatic heterocycles. The van der Waals surface area contributed by atoms with Gasteiger partial charge in [-0.1, -0.05) is 55.8 Å². The number of hydrogen-bond acceptors (Lipinski definition) is 2. The lowest BCUT2D eigenvalue weighted by Crippen LogP contribution is -2.37. The molecule has 2 aromatic rings. The molecular weight excluding hydrogens is 397 g/mol. The van der Waals surface area contributed by atoms with Gasteiger partial charge in [0.15, 0.2) is 6.23 Å². The van der Waals surface area contributed by atoms with Crippen molar-refractivity contribution >= 4 is 31.9 Å². The molecule has 0 spiro atoms. The van der Waals surface area contributed by atoms with Gasteiger partial charge in [-0.15, -0.1) is 0 Å². The zero-order chi connectivity index (χ0) is 15.8. The highest BCUT2D eigenvalue weighted by atomic mass is 127. The van der Waals surface area contributed by atoms with Gasteiger partial charge in [-0.25, -0.2) is 0 Å². The number of para-hydroxylation sites is 1. The largest absolute Gasteiger partial charge is 0.349 e. The standard InChI is InChI=1S/C20H20INO/c1-2-3-11-18-19(21)15-9-5-6-10-16(15)20-22(18)17-12-7-4-8-14(17)13-23-20/h4-10,12,20H,2-3,11,13H2,1H3. The van der Waals surface area contributed by atoms with Crippen LogP contribution in [-0.4, -0.2) is 0 Å². The first kappa shape index (κ1) is 15.2. The molecule has 0 fully saturated rings. The fraction of sp³-hybridized carbons (Fsp3) is 0.300. The number of benzene rings is 2. The number of anilines is 1. The van der Waals surface area contributed by atoms with Gasteiger partial charge in [-0.3, -0.25) is 0 Å². The van der Waals surface area contributed by atoms with Crippen LogP contribution in [0, 0.1) is 0 Å². The third-order valence-corrected chi connectivity index (χ3v) is 5.86. The second kappa shape index (κ2) is 6.29. The van der Waals surface area contributed by atoms with Gasteiger partial charge in [-0.2, -0.15) is 0 Å². The van der Waals surface area contributed by atoms with E-state index in [-0.39, 0.29) is 6.23 Å². The Labute approximate surface area is 151 Å². The lowest BCUT2D eigenvalue weighted by atomic mass is 9.95. The predicted molar refractivity (Wildman–Crippen MR) is 103 cm³/mol. The van der Waals surface area contributed by atoms with Crippen LogP contribution in [-0.2, 0) is 11.3 Å². The fourth-order valence-electron chi connectivity index (χ4n) is 3.50. The summed E-state index contributed by atoms with van der Waals surface area (Å²) in [6.07, 6.45) is 3.51. The van der Waals surface area contributed by atoms with Gasteiger partial charge < -0.3 is 9.64 Å². The van der Waals surface area contributed by atoms with Gasteiger partial charge >= 0.3 is 0 Å². The zero-order valence-corrected chi connectivity index (χ0v) is 15.4. The molecule has 0 bridgehead atoms. The second-order valence-electron chi connectivity index (χ2n) is 6.11. The summed E-state index contributed by atoms with van der Waals surface area (Å²) in [7, 11) is 0. The molecule has 2 heterocycles. The van der Waals surface area contributed by atoms with Crippen molar-refractivity contribution < 1.29 is 4.74 Å². The summed E-state index contributed by atoms with van der Waals surface area (Å²) in [5.41, 5.74) is 6.61. The summed E-state index contributed by atoms with van der Waals surface area (Å²) in [6, 6.07) is 17.3. The average molecular weight is 417 g/mol. The lowest BCUT2D eigenvalue weighted by Gasteiger charge is -2.44. The SMILES string of the molecule is CCCCC1=C(I)c2ccccc2C2OCc3ccccc3N12. The number of ether oxygens (including phenoxy) is 1. The molecule has 4 rings (SSSR count). The topological polar surface area (TPSA) is 12.5 Å². The van der Waals surface area contributed by atoms with E-state index in [9.17, 15) is 0 Å². The Morgan fingerprint density at radius 1 is 1.13 bits per heavy atom. The molecule has 1 unspecified atom stereocenters. The molecule has 1 atom stereocenters. The van der Waals surface area contributed by atoms with Crippen molar-refractivity contribution in [2.45, 2.75) is 39.0 Å².